The van der Waals surface area contributed by atoms with Gasteiger partial charge in [0.1, 0.15) is 5.75 Å². The number of H-pyrrole nitrogens is 1. The molecule has 0 aliphatic carbocycles. The standard InChI is InChI=1S/C14H18BrN3O/c1-2-5-19-14-4-3-12(15)6-11(14)7-16-8-13-9-17-10-18-13/h3-4,6,9-10,16H,2,5,7-8H2,1H3,(H,17,18). The van der Waals surface area contributed by atoms with Gasteiger partial charge in [0.25, 0.3) is 0 Å². The number of hydrogen-bond donors (Lipinski definition) is 2. The molecule has 0 aliphatic rings. The SMILES string of the molecule is CCCOc1ccc(Br)cc1CNCc1cnc[nH]1. The van der Waals surface area contributed by atoms with Crippen LogP contribution in [0, 0.1) is 0 Å². The van der Waals surface area contributed by atoms with Crippen molar-refractivity contribution in [1.29, 1.82) is 0 Å². The highest BCUT2D eigenvalue weighted by Gasteiger charge is 2.04. The van der Waals surface area contributed by atoms with E-state index in [4.69, 9.17) is 4.74 Å². The third kappa shape index (κ3) is 4.36. The zero-order chi connectivity index (χ0) is 13.5. The lowest BCUT2D eigenvalue weighted by Gasteiger charge is -2.12. The molecule has 1 heterocycles. The Morgan fingerprint density at radius 1 is 1.37 bits per heavy atom. The highest BCUT2D eigenvalue weighted by atomic mass is 79.9. The van der Waals surface area contributed by atoms with E-state index in [9.17, 15) is 0 Å². The Kier molecular flexibility index (Phi) is 5.42. The molecule has 4 nitrogen and oxygen atoms in total. The predicted molar refractivity (Wildman–Crippen MR) is 79.1 cm³/mol. The maximum Gasteiger partial charge on any atom is 0.123 e. The number of aromatic amines is 1. The minimum absolute atomic E-state index is 0.745. The maximum atomic E-state index is 5.75. The van der Waals surface area contributed by atoms with Crippen LogP contribution >= 0.6 is 15.9 Å². The molecule has 0 amide bonds. The maximum absolute atomic E-state index is 5.75. The smallest absolute Gasteiger partial charge is 0.123 e. The summed E-state index contributed by atoms with van der Waals surface area (Å²) in [7, 11) is 0. The van der Waals surface area contributed by atoms with Crippen molar-refractivity contribution in [3.8, 4) is 5.75 Å². The van der Waals surface area contributed by atoms with Crippen LogP contribution in [0.4, 0.5) is 0 Å². The molecule has 2 aromatic rings. The summed E-state index contributed by atoms with van der Waals surface area (Å²) in [6, 6.07) is 6.10. The Labute approximate surface area is 121 Å². The molecule has 0 atom stereocenters. The van der Waals surface area contributed by atoms with E-state index in [0.717, 1.165) is 47.6 Å². The van der Waals surface area contributed by atoms with Crippen LogP contribution in [0.3, 0.4) is 0 Å². The molecule has 0 fully saturated rings. The fourth-order valence-electron chi connectivity index (χ4n) is 1.75. The van der Waals surface area contributed by atoms with Crippen molar-refractivity contribution in [1.82, 2.24) is 15.3 Å². The molecule has 0 aliphatic heterocycles. The summed E-state index contributed by atoms with van der Waals surface area (Å²) in [6.45, 7) is 4.38. The summed E-state index contributed by atoms with van der Waals surface area (Å²) < 4.78 is 6.81. The van der Waals surface area contributed by atoms with Gasteiger partial charge < -0.3 is 15.0 Å². The average molecular weight is 324 g/mol. The largest absolute Gasteiger partial charge is 0.493 e. The van der Waals surface area contributed by atoms with Gasteiger partial charge in [-0.15, -0.1) is 0 Å². The first-order valence-electron chi connectivity index (χ1n) is 6.38. The van der Waals surface area contributed by atoms with Gasteiger partial charge in [-0.1, -0.05) is 22.9 Å². The van der Waals surface area contributed by atoms with Crippen molar-refractivity contribution < 1.29 is 4.74 Å². The molecule has 2 rings (SSSR count). The van der Waals surface area contributed by atoms with Crippen LogP contribution in [0.1, 0.15) is 24.6 Å². The van der Waals surface area contributed by atoms with E-state index in [0.29, 0.717) is 0 Å². The molecule has 0 spiro atoms. The van der Waals surface area contributed by atoms with Gasteiger partial charge in [-0.3, -0.25) is 0 Å². The van der Waals surface area contributed by atoms with E-state index in [2.05, 4.69) is 44.2 Å². The van der Waals surface area contributed by atoms with E-state index >= 15 is 0 Å². The number of benzene rings is 1. The van der Waals surface area contributed by atoms with Gasteiger partial charge in [-0.2, -0.15) is 0 Å². The van der Waals surface area contributed by atoms with Crippen LogP contribution in [-0.4, -0.2) is 16.6 Å². The van der Waals surface area contributed by atoms with Gasteiger partial charge in [0.05, 0.1) is 12.9 Å². The molecule has 102 valence electrons. The van der Waals surface area contributed by atoms with Crippen molar-refractivity contribution >= 4 is 15.9 Å². The van der Waals surface area contributed by atoms with E-state index < -0.39 is 0 Å². The van der Waals surface area contributed by atoms with Crippen LogP contribution in [-0.2, 0) is 13.1 Å². The van der Waals surface area contributed by atoms with Gasteiger partial charge in [-0.25, -0.2) is 4.98 Å². The first kappa shape index (κ1) is 14.1. The Balaban J connectivity index is 1.95. The van der Waals surface area contributed by atoms with E-state index in [1.54, 1.807) is 6.33 Å². The Bertz CT molecular complexity index is 499. The van der Waals surface area contributed by atoms with Gasteiger partial charge in [0.2, 0.25) is 0 Å². The summed E-state index contributed by atoms with van der Waals surface area (Å²) in [5, 5.41) is 3.38. The molecular formula is C14H18BrN3O. The molecule has 0 bridgehead atoms. The van der Waals surface area contributed by atoms with Gasteiger partial charge in [0, 0.05) is 35.0 Å². The molecule has 0 saturated carbocycles. The van der Waals surface area contributed by atoms with Gasteiger partial charge >= 0.3 is 0 Å². The second-order valence-electron chi connectivity index (χ2n) is 4.28. The van der Waals surface area contributed by atoms with Crippen molar-refractivity contribution in [3.63, 3.8) is 0 Å². The Hall–Kier alpha value is -1.33. The minimum atomic E-state index is 0.745. The summed E-state index contributed by atoms with van der Waals surface area (Å²) in [5.41, 5.74) is 2.23. The fourth-order valence-corrected chi connectivity index (χ4v) is 2.16. The van der Waals surface area contributed by atoms with E-state index in [1.165, 1.54) is 0 Å². The number of aromatic nitrogens is 2. The molecule has 0 radical (unpaired) electrons. The first-order valence-corrected chi connectivity index (χ1v) is 7.18. The quantitative estimate of drug-likeness (QED) is 0.822. The highest BCUT2D eigenvalue weighted by Crippen LogP contribution is 2.23. The second-order valence-corrected chi connectivity index (χ2v) is 5.20. The van der Waals surface area contributed by atoms with Crippen molar-refractivity contribution in [2.75, 3.05) is 6.61 Å². The lowest BCUT2D eigenvalue weighted by atomic mass is 10.2. The zero-order valence-electron chi connectivity index (χ0n) is 10.9. The number of imidazole rings is 1. The lowest BCUT2D eigenvalue weighted by Crippen LogP contribution is -2.14. The zero-order valence-corrected chi connectivity index (χ0v) is 12.5. The molecule has 1 aromatic heterocycles. The van der Waals surface area contributed by atoms with Crippen molar-refractivity contribution in [3.05, 3.63) is 46.5 Å². The number of ether oxygens (including phenoxy) is 1. The fraction of sp³-hybridized carbons (Fsp3) is 0.357. The van der Waals surface area contributed by atoms with Crippen LogP contribution in [0.2, 0.25) is 0 Å². The summed E-state index contributed by atoms with van der Waals surface area (Å²) in [6.07, 6.45) is 4.52. The first-order chi connectivity index (χ1) is 9.29. The summed E-state index contributed by atoms with van der Waals surface area (Å²) in [4.78, 5) is 7.06. The molecule has 0 saturated heterocycles. The normalized spacial score (nSPS) is 10.6. The number of rotatable bonds is 7. The molecule has 19 heavy (non-hydrogen) atoms. The molecule has 5 heteroatoms. The van der Waals surface area contributed by atoms with E-state index in [1.807, 2.05) is 18.3 Å². The average Bonchev–Trinajstić information content (AvgIpc) is 2.91. The van der Waals surface area contributed by atoms with Crippen molar-refractivity contribution in [2.24, 2.45) is 0 Å². The number of hydrogen-bond acceptors (Lipinski definition) is 3. The topological polar surface area (TPSA) is 49.9 Å². The van der Waals surface area contributed by atoms with Gasteiger partial charge in [-0.05, 0) is 24.6 Å². The molecule has 2 N–H and O–H groups in total. The Morgan fingerprint density at radius 2 is 2.26 bits per heavy atom. The van der Waals surface area contributed by atoms with Crippen LogP contribution in [0.25, 0.3) is 0 Å². The van der Waals surface area contributed by atoms with Gasteiger partial charge in [0.15, 0.2) is 0 Å². The van der Waals surface area contributed by atoms with Crippen LogP contribution in [0.15, 0.2) is 35.2 Å². The van der Waals surface area contributed by atoms with E-state index in [-0.39, 0.29) is 0 Å². The lowest BCUT2D eigenvalue weighted by molar-refractivity contribution is 0.313. The van der Waals surface area contributed by atoms with Crippen LogP contribution < -0.4 is 10.1 Å². The predicted octanol–water partition coefficient (Wildman–Crippen LogP) is 3.25. The molecule has 0 unspecified atom stereocenters. The molecular weight excluding hydrogens is 306 g/mol. The number of halogens is 1. The summed E-state index contributed by atoms with van der Waals surface area (Å²) >= 11 is 3.50. The monoisotopic (exact) mass is 323 g/mol. The second kappa shape index (κ2) is 7.31. The summed E-state index contributed by atoms with van der Waals surface area (Å²) in [5.74, 6) is 0.946. The highest BCUT2D eigenvalue weighted by molar-refractivity contribution is 9.10. The minimum Gasteiger partial charge on any atom is -0.493 e. The molecule has 1 aromatic carbocycles. The number of nitrogens with one attached hydrogen (secondary N) is 2. The third-order valence-corrected chi connectivity index (χ3v) is 3.16. The van der Waals surface area contributed by atoms with Crippen molar-refractivity contribution in [2.45, 2.75) is 26.4 Å². The number of nitrogens with zero attached hydrogens (tertiary/aromatic N) is 1. The van der Waals surface area contributed by atoms with Crippen LogP contribution in [0.5, 0.6) is 5.75 Å². The third-order valence-electron chi connectivity index (χ3n) is 2.67. The Morgan fingerprint density at radius 3 is 3.00 bits per heavy atom.